The number of halogens is 1. The number of ether oxygens (including phenoxy) is 1. The van der Waals surface area contributed by atoms with E-state index >= 15 is 0 Å². The van der Waals surface area contributed by atoms with Crippen LogP contribution in [0.1, 0.15) is 31.2 Å². The molecule has 0 aliphatic heterocycles. The summed E-state index contributed by atoms with van der Waals surface area (Å²) in [6.45, 7) is 2.42. The Labute approximate surface area is 133 Å². The highest BCUT2D eigenvalue weighted by Gasteiger charge is 2.42. The highest BCUT2D eigenvalue weighted by molar-refractivity contribution is 9.10. The van der Waals surface area contributed by atoms with Gasteiger partial charge >= 0.3 is 5.97 Å². The number of aliphatic hydroxyl groups excluding tert-OH is 1. The summed E-state index contributed by atoms with van der Waals surface area (Å²) in [4.78, 5) is 11.7. The van der Waals surface area contributed by atoms with Gasteiger partial charge in [-0.05, 0) is 49.3 Å². The van der Waals surface area contributed by atoms with E-state index in [1.165, 1.54) is 0 Å². The number of hydrogen-bond acceptors (Lipinski definition) is 3. The lowest BCUT2D eigenvalue weighted by Crippen LogP contribution is -2.41. The molecule has 5 heteroatoms. The van der Waals surface area contributed by atoms with E-state index in [1.54, 1.807) is 0 Å². The highest BCUT2D eigenvalue weighted by atomic mass is 79.9. The number of benzene rings is 1. The van der Waals surface area contributed by atoms with E-state index in [4.69, 9.17) is 4.74 Å². The minimum Gasteiger partial charge on any atom is -0.481 e. The molecule has 1 fully saturated rings. The number of rotatable bonds is 5. The molecular formula is C16H21BrO4. The van der Waals surface area contributed by atoms with Crippen molar-refractivity contribution in [2.75, 3.05) is 13.2 Å². The topological polar surface area (TPSA) is 66.8 Å². The van der Waals surface area contributed by atoms with Crippen molar-refractivity contribution in [1.82, 2.24) is 0 Å². The van der Waals surface area contributed by atoms with E-state index in [1.807, 2.05) is 31.2 Å². The summed E-state index contributed by atoms with van der Waals surface area (Å²) < 4.78 is 6.67. The van der Waals surface area contributed by atoms with Crippen LogP contribution < -0.4 is 0 Å². The van der Waals surface area contributed by atoms with Gasteiger partial charge in [-0.25, -0.2) is 0 Å². The van der Waals surface area contributed by atoms with E-state index in [2.05, 4.69) is 15.9 Å². The lowest BCUT2D eigenvalue weighted by Gasteiger charge is -2.39. The molecule has 2 rings (SSSR count). The van der Waals surface area contributed by atoms with Gasteiger partial charge in [0, 0.05) is 17.7 Å². The van der Waals surface area contributed by atoms with Gasteiger partial charge in [0.2, 0.25) is 0 Å². The van der Waals surface area contributed by atoms with Crippen molar-refractivity contribution in [2.45, 2.75) is 31.8 Å². The average Bonchev–Trinajstić information content (AvgIpc) is 2.47. The summed E-state index contributed by atoms with van der Waals surface area (Å²) in [6, 6.07) is 7.75. The van der Waals surface area contributed by atoms with Gasteiger partial charge in [-0.1, -0.05) is 28.1 Å². The molecule has 1 aromatic carbocycles. The van der Waals surface area contributed by atoms with E-state index in [9.17, 15) is 15.0 Å². The smallest absolute Gasteiger partial charge is 0.307 e. The largest absolute Gasteiger partial charge is 0.481 e. The second kappa shape index (κ2) is 7.38. The predicted octanol–water partition coefficient (Wildman–Crippen LogP) is 3.04. The quantitative estimate of drug-likeness (QED) is 0.850. The Kier molecular flexibility index (Phi) is 5.79. The third kappa shape index (κ3) is 3.84. The number of hydrogen-bond donors (Lipinski definition) is 2. The maximum Gasteiger partial charge on any atom is 0.307 e. The Balaban J connectivity index is 2.31. The SMILES string of the molecule is CCOC1CC(CO)C(C(=O)O)C(c2ccc(Br)cc2)C1. The van der Waals surface area contributed by atoms with Crippen molar-refractivity contribution in [3.05, 3.63) is 34.3 Å². The third-order valence-corrected chi connectivity index (χ3v) is 4.77. The zero-order valence-electron chi connectivity index (χ0n) is 12.0. The monoisotopic (exact) mass is 356 g/mol. The molecule has 4 nitrogen and oxygen atoms in total. The van der Waals surface area contributed by atoms with Crippen LogP contribution >= 0.6 is 15.9 Å². The van der Waals surface area contributed by atoms with Crippen molar-refractivity contribution in [1.29, 1.82) is 0 Å². The third-order valence-electron chi connectivity index (χ3n) is 4.24. The van der Waals surface area contributed by atoms with Crippen LogP contribution in [0.15, 0.2) is 28.7 Å². The van der Waals surface area contributed by atoms with Gasteiger partial charge in [0.15, 0.2) is 0 Å². The highest BCUT2D eigenvalue weighted by Crippen LogP contribution is 2.42. The van der Waals surface area contributed by atoms with Gasteiger partial charge in [-0.15, -0.1) is 0 Å². The molecule has 21 heavy (non-hydrogen) atoms. The zero-order valence-corrected chi connectivity index (χ0v) is 13.6. The van der Waals surface area contributed by atoms with Gasteiger partial charge < -0.3 is 14.9 Å². The van der Waals surface area contributed by atoms with Crippen LogP contribution in [-0.2, 0) is 9.53 Å². The maximum atomic E-state index is 11.7. The zero-order chi connectivity index (χ0) is 15.4. The Hall–Kier alpha value is -0.910. The molecule has 0 spiro atoms. The lowest BCUT2D eigenvalue weighted by atomic mass is 9.68. The van der Waals surface area contributed by atoms with Gasteiger partial charge in [0.05, 0.1) is 12.0 Å². The first-order chi connectivity index (χ1) is 10.1. The molecule has 0 bridgehead atoms. The summed E-state index contributed by atoms with van der Waals surface area (Å²) >= 11 is 3.39. The van der Waals surface area contributed by atoms with E-state index in [0.29, 0.717) is 19.4 Å². The number of carboxylic acids is 1. The summed E-state index contributed by atoms with van der Waals surface area (Å²) in [6.07, 6.45) is 1.30. The summed E-state index contributed by atoms with van der Waals surface area (Å²) in [5.41, 5.74) is 0.994. The van der Waals surface area contributed by atoms with Crippen LogP contribution in [-0.4, -0.2) is 35.5 Å². The van der Waals surface area contributed by atoms with Crippen LogP contribution in [0.3, 0.4) is 0 Å². The molecule has 4 atom stereocenters. The summed E-state index contributed by atoms with van der Waals surface area (Å²) in [5.74, 6) is -1.79. The van der Waals surface area contributed by atoms with Crippen LogP contribution in [0, 0.1) is 11.8 Å². The summed E-state index contributed by atoms with van der Waals surface area (Å²) in [7, 11) is 0. The fourth-order valence-electron chi connectivity index (χ4n) is 3.33. The maximum absolute atomic E-state index is 11.7. The number of carboxylic acid groups (broad SMARTS) is 1. The molecule has 1 aliphatic rings. The van der Waals surface area contributed by atoms with Gasteiger partial charge in [0.1, 0.15) is 0 Å². The standard InChI is InChI=1S/C16H21BrO4/c1-2-21-13-7-11(9-18)15(16(19)20)14(8-13)10-3-5-12(17)6-4-10/h3-6,11,13-15,18H,2,7-9H2,1H3,(H,19,20). The fourth-order valence-corrected chi connectivity index (χ4v) is 3.59. The lowest BCUT2D eigenvalue weighted by molar-refractivity contribution is -0.149. The second-order valence-corrected chi connectivity index (χ2v) is 6.43. The molecule has 4 unspecified atom stereocenters. The molecule has 0 aromatic heterocycles. The molecule has 0 saturated heterocycles. The Bertz CT molecular complexity index is 474. The van der Waals surface area contributed by atoms with Gasteiger partial charge in [-0.3, -0.25) is 4.79 Å². The van der Waals surface area contributed by atoms with Crippen molar-refractivity contribution in [3.63, 3.8) is 0 Å². The van der Waals surface area contributed by atoms with Crippen LogP contribution in [0.5, 0.6) is 0 Å². The number of carbonyl (C=O) groups is 1. The number of aliphatic carboxylic acids is 1. The van der Waals surface area contributed by atoms with E-state index in [-0.39, 0.29) is 24.5 Å². The van der Waals surface area contributed by atoms with Crippen molar-refractivity contribution in [2.24, 2.45) is 11.8 Å². The van der Waals surface area contributed by atoms with Crippen LogP contribution in [0.4, 0.5) is 0 Å². The van der Waals surface area contributed by atoms with Gasteiger partial charge in [0.25, 0.3) is 0 Å². The first-order valence-corrected chi connectivity index (χ1v) is 8.06. The molecule has 1 aromatic rings. The average molecular weight is 357 g/mol. The Morgan fingerprint density at radius 2 is 2.00 bits per heavy atom. The van der Waals surface area contributed by atoms with E-state index < -0.39 is 11.9 Å². The fraction of sp³-hybridized carbons (Fsp3) is 0.562. The number of aliphatic hydroxyl groups is 1. The van der Waals surface area contributed by atoms with Gasteiger partial charge in [-0.2, -0.15) is 0 Å². The normalized spacial score (nSPS) is 29.3. The Morgan fingerprint density at radius 3 is 2.52 bits per heavy atom. The molecule has 0 radical (unpaired) electrons. The Morgan fingerprint density at radius 1 is 1.33 bits per heavy atom. The predicted molar refractivity (Wildman–Crippen MR) is 83.2 cm³/mol. The molecule has 1 saturated carbocycles. The van der Waals surface area contributed by atoms with Crippen LogP contribution in [0.2, 0.25) is 0 Å². The van der Waals surface area contributed by atoms with Crippen molar-refractivity contribution >= 4 is 21.9 Å². The molecule has 0 heterocycles. The molecule has 1 aliphatic carbocycles. The summed E-state index contributed by atoms with van der Waals surface area (Å²) in [5, 5.41) is 19.2. The molecular weight excluding hydrogens is 336 g/mol. The first-order valence-electron chi connectivity index (χ1n) is 7.27. The molecule has 0 amide bonds. The van der Waals surface area contributed by atoms with E-state index in [0.717, 1.165) is 10.0 Å². The minimum absolute atomic E-state index is 0.0106. The second-order valence-electron chi connectivity index (χ2n) is 5.51. The van der Waals surface area contributed by atoms with Crippen molar-refractivity contribution in [3.8, 4) is 0 Å². The van der Waals surface area contributed by atoms with Crippen LogP contribution in [0.25, 0.3) is 0 Å². The molecule has 116 valence electrons. The minimum atomic E-state index is -0.836. The first kappa shape index (κ1) is 16.5. The van der Waals surface area contributed by atoms with Crippen molar-refractivity contribution < 1.29 is 19.7 Å². The molecule has 2 N–H and O–H groups in total.